The third-order valence-corrected chi connectivity index (χ3v) is 2.34. The van der Waals surface area contributed by atoms with E-state index in [-0.39, 0.29) is 0 Å². The van der Waals surface area contributed by atoms with E-state index in [2.05, 4.69) is 21.9 Å². The summed E-state index contributed by atoms with van der Waals surface area (Å²) in [7, 11) is 0. The van der Waals surface area contributed by atoms with Crippen molar-refractivity contribution in [2.75, 3.05) is 6.61 Å². The summed E-state index contributed by atoms with van der Waals surface area (Å²) in [5, 5.41) is 0. The standard InChI is InChI=1S/C10H9BrO/c1-3-6-12-9-4-5-10(11)8(2)7-9/h1,4-5,7H,6H2,2H3. The molecule has 0 aliphatic heterocycles. The molecule has 1 aromatic rings. The molecule has 0 N–H and O–H groups in total. The van der Waals surface area contributed by atoms with Gasteiger partial charge < -0.3 is 4.74 Å². The van der Waals surface area contributed by atoms with E-state index >= 15 is 0 Å². The number of ether oxygens (including phenoxy) is 1. The van der Waals surface area contributed by atoms with Crippen LogP contribution in [-0.2, 0) is 0 Å². The predicted molar refractivity (Wildman–Crippen MR) is 53.2 cm³/mol. The summed E-state index contributed by atoms with van der Waals surface area (Å²) in [5.74, 6) is 3.23. The van der Waals surface area contributed by atoms with Crippen molar-refractivity contribution in [1.29, 1.82) is 0 Å². The summed E-state index contributed by atoms with van der Waals surface area (Å²) in [4.78, 5) is 0. The fraction of sp³-hybridized carbons (Fsp3) is 0.200. The molecule has 12 heavy (non-hydrogen) atoms. The average Bonchev–Trinajstić information content (AvgIpc) is 2.07. The Balaban J connectivity index is 2.77. The Morgan fingerprint density at radius 2 is 2.33 bits per heavy atom. The Labute approximate surface area is 80.9 Å². The van der Waals surface area contributed by atoms with Crippen molar-refractivity contribution in [2.24, 2.45) is 0 Å². The molecule has 0 aromatic heterocycles. The lowest BCUT2D eigenvalue weighted by Crippen LogP contribution is -1.93. The van der Waals surface area contributed by atoms with Crippen LogP contribution in [0.4, 0.5) is 0 Å². The molecular formula is C10H9BrO. The second-order valence-electron chi connectivity index (χ2n) is 2.40. The normalized spacial score (nSPS) is 9.08. The third-order valence-electron chi connectivity index (χ3n) is 1.45. The van der Waals surface area contributed by atoms with Crippen LogP contribution in [0.5, 0.6) is 5.75 Å². The number of benzene rings is 1. The molecular weight excluding hydrogens is 216 g/mol. The van der Waals surface area contributed by atoms with E-state index in [1.807, 2.05) is 25.1 Å². The van der Waals surface area contributed by atoms with Crippen molar-refractivity contribution in [3.05, 3.63) is 28.2 Å². The van der Waals surface area contributed by atoms with Crippen LogP contribution < -0.4 is 4.74 Å². The first kappa shape index (κ1) is 9.15. The van der Waals surface area contributed by atoms with Crippen LogP contribution in [-0.4, -0.2) is 6.61 Å². The van der Waals surface area contributed by atoms with Crippen LogP contribution in [0.15, 0.2) is 22.7 Å². The van der Waals surface area contributed by atoms with Gasteiger partial charge in [0, 0.05) is 4.47 Å². The molecule has 0 amide bonds. The SMILES string of the molecule is C#CCOc1ccc(Br)c(C)c1. The molecule has 0 unspecified atom stereocenters. The average molecular weight is 225 g/mol. The topological polar surface area (TPSA) is 9.23 Å². The molecule has 1 nitrogen and oxygen atoms in total. The number of hydrogen-bond acceptors (Lipinski definition) is 1. The van der Waals surface area contributed by atoms with Gasteiger partial charge in [0.15, 0.2) is 0 Å². The van der Waals surface area contributed by atoms with Gasteiger partial charge >= 0.3 is 0 Å². The number of aryl methyl sites for hydroxylation is 1. The maximum Gasteiger partial charge on any atom is 0.148 e. The van der Waals surface area contributed by atoms with E-state index in [0.29, 0.717) is 6.61 Å². The largest absolute Gasteiger partial charge is 0.481 e. The number of terminal acetylenes is 1. The summed E-state index contributed by atoms with van der Waals surface area (Å²) in [5.41, 5.74) is 1.14. The van der Waals surface area contributed by atoms with E-state index in [1.165, 1.54) is 0 Å². The van der Waals surface area contributed by atoms with Gasteiger partial charge in [0.25, 0.3) is 0 Å². The molecule has 0 atom stereocenters. The lowest BCUT2D eigenvalue weighted by atomic mass is 10.2. The molecule has 1 rings (SSSR count). The Bertz CT molecular complexity index is 312. The molecule has 62 valence electrons. The van der Waals surface area contributed by atoms with Crippen LogP contribution >= 0.6 is 15.9 Å². The second-order valence-corrected chi connectivity index (χ2v) is 3.26. The highest BCUT2D eigenvalue weighted by Gasteiger charge is 1.96. The molecule has 0 bridgehead atoms. The smallest absolute Gasteiger partial charge is 0.148 e. The minimum absolute atomic E-state index is 0.321. The Kier molecular flexibility index (Phi) is 3.19. The zero-order valence-corrected chi connectivity index (χ0v) is 8.39. The van der Waals surface area contributed by atoms with Crippen LogP contribution in [0.2, 0.25) is 0 Å². The fourth-order valence-corrected chi connectivity index (χ4v) is 1.08. The van der Waals surface area contributed by atoms with Crippen molar-refractivity contribution in [3.8, 4) is 18.1 Å². The minimum Gasteiger partial charge on any atom is -0.481 e. The van der Waals surface area contributed by atoms with E-state index in [4.69, 9.17) is 11.2 Å². The van der Waals surface area contributed by atoms with Gasteiger partial charge in [-0.25, -0.2) is 0 Å². The Morgan fingerprint density at radius 3 is 2.92 bits per heavy atom. The highest BCUT2D eigenvalue weighted by atomic mass is 79.9. The van der Waals surface area contributed by atoms with E-state index in [0.717, 1.165) is 15.8 Å². The van der Waals surface area contributed by atoms with Gasteiger partial charge in [0.2, 0.25) is 0 Å². The summed E-state index contributed by atoms with van der Waals surface area (Å²) < 4.78 is 6.31. The van der Waals surface area contributed by atoms with Crippen molar-refractivity contribution < 1.29 is 4.74 Å². The highest BCUT2D eigenvalue weighted by molar-refractivity contribution is 9.10. The summed E-state index contributed by atoms with van der Waals surface area (Å²) >= 11 is 3.40. The maximum atomic E-state index is 5.23. The maximum absolute atomic E-state index is 5.23. The number of hydrogen-bond donors (Lipinski definition) is 0. The summed E-state index contributed by atoms with van der Waals surface area (Å²) in [6, 6.07) is 5.77. The molecule has 0 aliphatic rings. The second kappa shape index (κ2) is 4.18. The van der Waals surface area contributed by atoms with Gasteiger partial charge in [-0.05, 0) is 30.7 Å². The fourth-order valence-electron chi connectivity index (χ4n) is 0.832. The monoisotopic (exact) mass is 224 g/mol. The summed E-state index contributed by atoms with van der Waals surface area (Å²) in [6.07, 6.45) is 5.06. The first-order valence-corrected chi connectivity index (χ1v) is 4.36. The van der Waals surface area contributed by atoms with Gasteiger partial charge in [-0.1, -0.05) is 21.9 Å². The molecule has 0 heterocycles. The van der Waals surface area contributed by atoms with Crippen molar-refractivity contribution in [1.82, 2.24) is 0 Å². The lowest BCUT2D eigenvalue weighted by Gasteiger charge is -2.03. The van der Waals surface area contributed by atoms with Crippen molar-refractivity contribution >= 4 is 15.9 Å². The van der Waals surface area contributed by atoms with Crippen molar-refractivity contribution in [2.45, 2.75) is 6.92 Å². The molecule has 0 radical (unpaired) electrons. The summed E-state index contributed by atoms with van der Waals surface area (Å²) in [6.45, 7) is 2.33. The van der Waals surface area contributed by atoms with Crippen LogP contribution in [0.1, 0.15) is 5.56 Å². The van der Waals surface area contributed by atoms with E-state index < -0.39 is 0 Å². The number of halogens is 1. The van der Waals surface area contributed by atoms with Crippen LogP contribution in [0.3, 0.4) is 0 Å². The zero-order chi connectivity index (χ0) is 8.97. The Morgan fingerprint density at radius 1 is 1.58 bits per heavy atom. The third kappa shape index (κ3) is 2.28. The van der Waals surface area contributed by atoms with Gasteiger partial charge in [-0.3, -0.25) is 0 Å². The highest BCUT2D eigenvalue weighted by Crippen LogP contribution is 2.21. The molecule has 0 fully saturated rings. The first-order chi connectivity index (χ1) is 5.74. The van der Waals surface area contributed by atoms with Gasteiger partial charge in [-0.15, -0.1) is 6.42 Å². The quantitative estimate of drug-likeness (QED) is 0.703. The first-order valence-electron chi connectivity index (χ1n) is 3.56. The van der Waals surface area contributed by atoms with Gasteiger partial charge in [0.1, 0.15) is 12.4 Å². The van der Waals surface area contributed by atoms with Crippen LogP contribution in [0, 0.1) is 19.3 Å². The number of rotatable bonds is 2. The molecule has 1 aromatic carbocycles. The molecule has 2 heteroatoms. The minimum atomic E-state index is 0.321. The molecule has 0 spiro atoms. The van der Waals surface area contributed by atoms with Gasteiger partial charge in [0.05, 0.1) is 0 Å². The van der Waals surface area contributed by atoms with Crippen LogP contribution in [0.25, 0.3) is 0 Å². The zero-order valence-electron chi connectivity index (χ0n) is 6.80. The lowest BCUT2D eigenvalue weighted by molar-refractivity contribution is 0.370. The van der Waals surface area contributed by atoms with E-state index in [9.17, 15) is 0 Å². The van der Waals surface area contributed by atoms with Crippen molar-refractivity contribution in [3.63, 3.8) is 0 Å². The molecule has 0 saturated heterocycles. The van der Waals surface area contributed by atoms with E-state index in [1.54, 1.807) is 0 Å². The Hall–Kier alpha value is -0.940. The molecule has 0 aliphatic carbocycles. The predicted octanol–water partition coefficient (Wildman–Crippen LogP) is 2.77. The van der Waals surface area contributed by atoms with Gasteiger partial charge in [-0.2, -0.15) is 0 Å². The molecule has 0 saturated carbocycles.